The van der Waals surface area contributed by atoms with Gasteiger partial charge in [0.2, 0.25) is 0 Å². The highest BCUT2D eigenvalue weighted by Crippen LogP contribution is 2.05. The van der Waals surface area contributed by atoms with E-state index >= 15 is 0 Å². The zero-order valence-electron chi connectivity index (χ0n) is 11.7. The van der Waals surface area contributed by atoms with Gasteiger partial charge in [-0.15, -0.1) is 0 Å². The number of nitrogens with two attached hydrogens (primary N) is 1. The minimum Gasteiger partial charge on any atom is -0.370 e. The molecule has 3 N–H and O–H groups in total. The second-order valence-electron chi connectivity index (χ2n) is 5.59. The zero-order chi connectivity index (χ0) is 13.9. The van der Waals surface area contributed by atoms with Gasteiger partial charge in [0.1, 0.15) is 5.65 Å². The lowest BCUT2D eigenvalue weighted by atomic mass is 10.1. The molecule has 0 spiro atoms. The number of nitrogens with zero attached hydrogens (tertiary/aromatic N) is 3. The third kappa shape index (κ3) is 3.98. The van der Waals surface area contributed by atoms with Crippen LogP contribution in [0.25, 0.3) is 5.65 Å². The normalized spacial score (nSPS) is 12.9. The van der Waals surface area contributed by atoms with E-state index in [4.69, 9.17) is 5.73 Å². The van der Waals surface area contributed by atoms with Crippen LogP contribution in [0.4, 0.5) is 0 Å². The fraction of sp³-hybridized carbons (Fsp3) is 0.429. The topological polar surface area (TPSA) is 67.7 Å². The number of aliphatic imine (C=N–C) groups is 1. The molecule has 0 saturated heterocycles. The molecule has 0 aliphatic carbocycles. The van der Waals surface area contributed by atoms with E-state index in [-0.39, 0.29) is 5.54 Å². The molecule has 0 aromatic carbocycles. The van der Waals surface area contributed by atoms with Crippen molar-refractivity contribution >= 4 is 11.6 Å². The summed E-state index contributed by atoms with van der Waals surface area (Å²) in [7, 11) is 0. The van der Waals surface area contributed by atoms with Crippen molar-refractivity contribution < 1.29 is 0 Å². The molecule has 2 aromatic rings. The minimum atomic E-state index is -0.0589. The van der Waals surface area contributed by atoms with Crippen molar-refractivity contribution in [2.45, 2.75) is 32.7 Å². The molecular formula is C14H21N5. The van der Waals surface area contributed by atoms with Crippen LogP contribution < -0.4 is 11.1 Å². The maximum absolute atomic E-state index is 5.81. The van der Waals surface area contributed by atoms with E-state index in [0.29, 0.717) is 12.5 Å². The number of hydrogen-bond acceptors (Lipinski definition) is 2. The van der Waals surface area contributed by atoms with Gasteiger partial charge in [-0.2, -0.15) is 0 Å². The van der Waals surface area contributed by atoms with Gasteiger partial charge in [0.15, 0.2) is 5.96 Å². The van der Waals surface area contributed by atoms with Gasteiger partial charge in [-0.05, 0) is 32.9 Å². The Bertz CT molecular complexity index is 544. The summed E-state index contributed by atoms with van der Waals surface area (Å²) in [5.41, 5.74) is 7.74. The third-order valence-electron chi connectivity index (χ3n) is 2.57. The van der Waals surface area contributed by atoms with Crippen LogP contribution in [-0.4, -0.2) is 27.4 Å². The van der Waals surface area contributed by atoms with Crippen LogP contribution in [-0.2, 0) is 6.42 Å². The highest BCUT2D eigenvalue weighted by atomic mass is 15.1. The summed E-state index contributed by atoms with van der Waals surface area (Å²) in [6.45, 7) is 6.80. The Morgan fingerprint density at radius 1 is 1.42 bits per heavy atom. The van der Waals surface area contributed by atoms with E-state index in [2.05, 4.69) is 36.1 Å². The molecule has 0 aliphatic rings. The number of pyridine rings is 1. The third-order valence-corrected chi connectivity index (χ3v) is 2.57. The Hall–Kier alpha value is -2.04. The molecule has 19 heavy (non-hydrogen) atoms. The molecule has 0 radical (unpaired) electrons. The van der Waals surface area contributed by atoms with Gasteiger partial charge < -0.3 is 15.5 Å². The van der Waals surface area contributed by atoms with Gasteiger partial charge in [0.25, 0.3) is 0 Å². The molecule has 0 bridgehead atoms. The Labute approximate surface area is 113 Å². The van der Waals surface area contributed by atoms with Gasteiger partial charge in [-0.25, -0.2) is 4.98 Å². The van der Waals surface area contributed by atoms with E-state index in [1.165, 1.54) is 0 Å². The molecule has 0 fully saturated rings. The summed E-state index contributed by atoms with van der Waals surface area (Å²) in [6, 6.07) is 5.96. The Morgan fingerprint density at radius 3 is 2.89 bits per heavy atom. The molecule has 0 amide bonds. The standard InChI is InChI=1S/C14H21N5/c1-14(2,3)18-13(15)16-8-7-11-10-19-9-5-4-6-12(19)17-11/h4-6,9-10H,7-8H2,1-3H3,(H3,15,16,18). The lowest BCUT2D eigenvalue weighted by molar-refractivity contribution is 0.508. The minimum absolute atomic E-state index is 0.0589. The molecule has 102 valence electrons. The quantitative estimate of drug-likeness (QED) is 0.649. The molecule has 0 unspecified atom stereocenters. The van der Waals surface area contributed by atoms with Crippen LogP contribution in [0.15, 0.2) is 35.6 Å². The Morgan fingerprint density at radius 2 is 2.21 bits per heavy atom. The number of guanidine groups is 1. The van der Waals surface area contributed by atoms with Gasteiger partial charge in [0.05, 0.1) is 5.69 Å². The monoisotopic (exact) mass is 259 g/mol. The number of imidazole rings is 1. The van der Waals surface area contributed by atoms with E-state index < -0.39 is 0 Å². The number of fused-ring (bicyclic) bond motifs is 1. The van der Waals surface area contributed by atoms with Crippen LogP contribution in [0.1, 0.15) is 26.5 Å². The molecule has 0 atom stereocenters. The molecule has 0 saturated carbocycles. The first-order valence-corrected chi connectivity index (χ1v) is 6.45. The van der Waals surface area contributed by atoms with Crippen molar-refractivity contribution in [2.24, 2.45) is 10.7 Å². The molecule has 5 nitrogen and oxygen atoms in total. The Kier molecular flexibility index (Phi) is 3.74. The Balaban J connectivity index is 1.93. The second kappa shape index (κ2) is 5.30. The molecule has 0 aliphatic heterocycles. The van der Waals surface area contributed by atoms with Crippen molar-refractivity contribution in [1.29, 1.82) is 0 Å². The first-order valence-electron chi connectivity index (χ1n) is 6.45. The number of aromatic nitrogens is 2. The number of hydrogen-bond donors (Lipinski definition) is 2. The maximum atomic E-state index is 5.81. The summed E-state index contributed by atoms with van der Waals surface area (Å²) in [6.07, 6.45) is 4.80. The molecular weight excluding hydrogens is 238 g/mol. The summed E-state index contributed by atoms with van der Waals surface area (Å²) < 4.78 is 2.01. The number of nitrogens with one attached hydrogen (secondary N) is 1. The average molecular weight is 259 g/mol. The molecule has 5 heteroatoms. The summed E-state index contributed by atoms with van der Waals surface area (Å²) in [4.78, 5) is 8.83. The van der Waals surface area contributed by atoms with Crippen molar-refractivity contribution in [3.8, 4) is 0 Å². The predicted octanol–water partition coefficient (Wildman–Crippen LogP) is 1.58. The van der Waals surface area contributed by atoms with Crippen molar-refractivity contribution in [1.82, 2.24) is 14.7 Å². The smallest absolute Gasteiger partial charge is 0.188 e. The highest BCUT2D eigenvalue weighted by molar-refractivity contribution is 5.78. The largest absolute Gasteiger partial charge is 0.370 e. The van der Waals surface area contributed by atoms with E-state index in [1.54, 1.807) is 0 Å². The molecule has 2 rings (SSSR count). The van der Waals surface area contributed by atoms with E-state index in [1.807, 2.05) is 35.0 Å². The maximum Gasteiger partial charge on any atom is 0.188 e. The summed E-state index contributed by atoms with van der Waals surface area (Å²) in [5.74, 6) is 0.483. The highest BCUT2D eigenvalue weighted by Gasteiger charge is 2.09. The van der Waals surface area contributed by atoms with Crippen molar-refractivity contribution in [3.05, 3.63) is 36.3 Å². The summed E-state index contributed by atoms with van der Waals surface area (Å²) in [5, 5.41) is 3.13. The SMILES string of the molecule is CC(C)(C)NC(N)=NCCc1cn2ccccc2n1. The van der Waals surface area contributed by atoms with Gasteiger partial charge in [0, 0.05) is 30.9 Å². The van der Waals surface area contributed by atoms with Crippen LogP contribution in [0, 0.1) is 0 Å². The molecule has 2 heterocycles. The van der Waals surface area contributed by atoms with Crippen LogP contribution in [0.5, 0.6) is 0 Å². The molecule has 2 aromatic heterocycles. The predicted molar refractivity (Wildman–Crippen MR) is 78.3 cm³/mol. The van der Waals surface area contributed by atoms with Crippen LogP contribution in [0.3, 0.4) is 0 Å². The fourth-order valence-electron chi connectivity index (χ4n) is 1.82. The van der Waals surface area contributed by atoms with Gasteiger partial charge >= 0.3 is 0 Å². The zero-order valence-corrected chi connectivity index (χ0v) is 11.7. The number of rotatable bonds is 3. The van der Waals surface area contributed by atoms with Gasteiger partial charge in [-0.3, -0.25) is 4.99 Å². The van der Waals surface area contributed by atoms with Crippen molar-refractivity contribution in [2.75, 3.05) is 6.54 Å². The van der Waals surface area contributed by atoms with E-state index in [9.17, 15) is 0 Å². The van der Waals surface area contributed by atoms with Crippen molar-refractivity contribution in [3.63, 3.8) is 0 Å². The first kappa shape index (κ1) is 13.4. The lowest BCUT2D eigenvalue weighted by Gasteiger charge is -2.20. The second-order valence-corrected chi connectivity index (χ2v) is 5.59. The van der Waals surface area contributed by atoms with E-state index in [0.717, 1.165) is 17.8 Å². The first-order chi connectivity index (χ1) is 8.94. The van der Waals surface area contributed by atoms with Crippen LogP contribution >= 0.6 is 0 Å². The summed E-state index contributed by atoms with van der Waals surface area (Å²) >= 11 is 0. The fourth-order valence-corrected chi connectivity index (χ4v) is 1.82. The van der Waals surface area contributed by atoms with Gasteiger partial charge in [-0.1, -0.05) is 6.07 Å². The van der Waals surface area contributed by atoms with Crippen LogP contribution in [0.2, 0.25) is 0 Å². The average Bonchev–Trinajstić information content (AvgIpc) is 2.68. The lowest BCUT2D eigenvalue weighted by Crippen LogP contribution is -2.45.